The Morgan fingerprint density at radius 2 is 2.00 bits per heavy atom. The van der Waals surface area contributed by atoms with Gasteiger partial charge < -0.3 is 4.40 Å². The number of nitrogens with zero attached hydrogens (tertiary/aromatic N) is 2. The lowest BCUT2D eigenvalue weighted by molar-refractivity contribution is 1.13. The number of aromatic nitrogens is 2. The van der Waals surface area contributed by atoms with Crippen LogP contribution in [0, 0.1) is 13.8 Å². The second kappa shape index (κ2) is 2.59. The van der Waals surface area contributed by atoms with Gasteiger partial charge in [-0.25, -0.2) is 4.98 Å². The van der Waals surface area contributed by atoms with Crippen molar-refractivity contribution < 1.29 is 0 Å². The first-order chi connectivity index (χ1) is 5.66. The summed E-state index contributed by atoms with van der Waals surface area (Å²) in [5, 5.41) is 0. The van der Waals surface area contributed by atoms with E-state index in [1.807, 2.05) is 10.6 Å². The van der Waals surface area contributed by atoms with Gasteiger partial charge in [0.15, 0.2) is 0 Å². The first-order valence-electron chi connectivity index (χ1n) is 3.78. The Morgan fingerprint density at radius 3 is 2.75 bits per heavy atom. The van der Waals surface area contributed by atoms with Crippen LogP contribution in [-0.2, 0) is 0 Å². The lowest BCUT2D eigenvalue weighted by Crippen LogP contribution is -1.87. The highest BCUT2D eigenvalue weighted by Crippen LogP contribution is 2.14. The van der Waals surface area contributed by atoms with Crippen LogP contribution in [0.2, 0.25) is 0 Å². The monoisotopic (exact) mass is 224 g/mol. The van der Waals surface area contributed by atoms with E-state index in [0.29, 0.717) is 0 Å². The maximum absolute atomic E-state index is 4.29. The van der Waals surface area contributed by atoms with Crippen LogP contribution in [0.25, 0.3) is 5.65 Å². The van der Waals surface area contributed by atoms with E-state index in [1.54, 1.807) is 0 Å². The largest absolute Gasteiger partial charge is 0.306 e. The van der Waals surface area contributed by atoms with Gasteiger partial charge in [0.25, 0.3) is 0 Å². The molecule has 62 valence electrons. The molecule has 0 aliphatic rings. The van der Waals surface area contributed by atoms with Gasteiger partial charge >= 0.3 is 0 Å². The molecule has 0 unspecified atom stereocenters. The van der Waals surface area contributed by atoms with Crippen molar-refractivity contribution in [2.45, 2.75) is 13.8 Å². The number of fused-ring (bicyclic) bond motifs is 1. The van der Waals surface area contributed by atoms with E-state index in [9.17, 15) is 0 Å². The molecule has 0 saturated heterocycles. The van der Waals surface area contributed by atoms with E-state index in [0.717, 1.165) is 10.3 Å². The van der Waals surface area contributed by atoms with Crippen molar-refractivity contribution in [1.82, 2.24) is 9.38 Å². The first kappa shape index (κ1) is 7.80. The minimum atomic E-state index is 0.882. The summed E-state index contributed by atoms with van der Waals surface area (Å²) in [6, 6.07) is 2.08. The van der Waals surface area contributed by atoms with E-state index < -0.39 is 0 Å². The highest BCUT2D eigenvalue weighted by molar-refractivity contribution is 9.10. The molecule has 0 aromatic carbocycles. The van der Waals surface area contributed by atoms with Crippen LogP contribution in [0.15, 0.2) is 23.1 Å². The quantitative estimate of drug-likeness (QED) is 0.673. The molecule has 0 amide bonds. The Kier molecular flexibility index (Phi) is 1.68. The maximum Gasteiger partial charge on any atom is 0.138 e. The van der Waals surface area contributed by atoms with Crippen LogP contribution in [0.1, 0.15) is 11.1 Å². The summed E-state index contributed by atoms with van der Waals surface area (Å²) in [6.45, 7) is 4.20. The fourth-order valence-electron chi connectivity index (χ4n) is 1.21. The summed E-state index contributed by atoms with van der Waals surface area (Å²) in [5.74, 6) is 0. The van der Waals surface area contributed by atoms with E-state index >= 15 is 0 Å². The van der Waals surface area contributed by atoms with Gasteiger partial charge in [-0.15, -0.1) is 0 Å². The van der Waals surface area contributed by atoms with Crippen molar-refractivity contribution in [2.75, 3.05) is 0 Å². The predicted octanol–water partition coefficient (Wildman–Crippen LogP) is 2.71. The zero-order valence-corrected chi connectivity index (χ0v) is 8.59. The average Bonchev–Trinajstić information content (AvgIpc) is 2.30. The van der Waals surface area contributed by atoms with Crippen molar-refractivity contribution >= 4 is 21.6 Å². The summed E-state index contributed by atoms with van der Waals surface area (Å²) in [7, 11) is 0. The Bertz CT molecular complexity index is 392. The van der Waals surface area contributed by atoms with Crippen LogP contribution in [0.4, 0.5) is 0 Å². The van der Waals surface area contributed by atoms with Gasteiger partial charge in [-0.2, -0.15) is 0 Å². The molecule has 0 aliphatic carbocycles. The molecule has 12 heavy (non-hydrogen) atoms. The van der Waals surface area contributed by atoms with E-state index in [4.69, 9.17) is 0 Å². The highest BCUT2D eigenvalue weighted by Gasteiger charge is 2.00. The van der Waals surface area contributed by atoms with Crippen LogP contribution >= 0.6 is 15.9 Å². The first-order valence-corrected chi connectivity index (χ1v) is 4.57. The third-order valence-electron chi connectivity index (χ3n) is 2.03. The predicted molar refractivity (Wildman–Crippen MR) is 52.4 cm³/mol. The third kappa shape index (κ3) is 1.14. The Morgan fingerprint density at radius 1 is 1.25 bits per heavy atom. The van der Waals surface area contributed by atoms with E-state index in [1.165, 1.54) is 11.1 Å². The van der Waals surface area contributed by atoms with Gasteiger partial charge in [-0.3, -0.25) is 0 Å². The summed E-state index contributed by atoms with van der Waals surface area (Å²) >= 11 is 3.34. The van der Waals surface area contributed by atoms with E-state index in [2.05, 4.69) is 47.0 Å². The second-order valence-electron chi connectivity index (χ2n) is 2.97. The zero-order valence-electron chi connectivity index (χ0n) is 7.00. The second-order valence-corrected chi connectivity index (χ2v) is 3.78. The molecule has 0 saturated carbocycles. The molecule has 3 heteroatoms. The number of hydrogen-bond donors (Lipinski definition) is 0. The van der Waals surface area contributed by atoms with Crippen LogP contribution in [-0.4, -0.2) is 9.38 Å². The summed E-state index contributed by atoms with van der Waals surface area (Å²) in [5.41, 5.74) is 3.55. The molecule has 2 aromatic heterocycles. The fourth-order valence-corrected chi connectivity index (χ4v) is 1.61. The van der Waals surface area contributed by atoms with Crippen molar-refractivity contribution in [1.29, 1.82) is 0 Å². The van der Waals surface area contributed by atoms with Gasteiger partial charge in [0.2, 0.25) is 0 Å². The highest BCUT2D eigenvalue weighted by atomic mass is 79.9. The van der Waals surface area contributed by atoms with Crippen LogP contribution < -0.4 is 0 Å². The zero-order chi connectivity index (χ0) is 8.72. The van der Waals surface area contributed by atoms with Gasteiger partial charge in [-0.1, -0.05) is 0 Å². The summed E-state index contributed by atoms with van der Waals surface area (Å²) in [6.07, 6.45) is 4.05. The van der Waals surface area contributed by atoms with Crippen molar-refractivity contribution in [3.05, 3.63) is 34.2 Å². The Hall–Kier alpha value is -0.830. The smallest absolute Gasteiger partial charge is 0.138 e. The molecule has 0 aliphatic heterocycles. The van der Waals surface area contributed by atoms with Crippen molar-refractivity contribution in [3.8, 4) is 0 Å². The van der Waals surface area contributed by atoms with Gasteiger partial charge in [0.1, 0.15) is 10.3 Å². The molecule has 0 radical (unpaired) electrons. The van der Waals surface area contributed by atoms with Gasteiger partial charge in [0, 0.05) is 12.4 Å². The molecule has 0 atom stereocenters. The summed E-state index contributed by atoms with van der Waals surface area (Å²) in [4.78, 5) is 4.29. The summed E-state index contributed by atoms with van der Waals surface area (Å²) < 4.78 is 2.90. The molecular weight excluding hydrogens is 216 g/mol. The Labute approximate surface area is 79.4 Å². The SMILES string of the molecule is Cc1cc2nc(Br)cn2cc1C. The number of hydrogen-bond acceptors (Lipinski definition) is 1. The van der Waals surface area contributed by atoms with Crippen LogP contribution in [0.3, 0.4) is 0 Å². The molecule has 0 spiro atoms. The van der Waals surface area contributed by atoms with Gasteiger partial charge in [-0.05, 0) is 47.0 Å². The maximum atomic E-state index is 4.29. The molecule has 2 nitrogen and oxygen atoms in total. The molecule has 2 rings (SSSR count). The lowest BCUT2D eigenvalue weighted by atomic mass is 10.2. The normalized spacial score (nSPS) is 10.9. The van der Waals surface area contributed by atoms with Crippen LogP contribution in [0.5, 0.6) is 0 Å². The minimum Gasteiger partial charge on any atom is -0.306 e. The number of halogens is 1. The molecule has 0 fully saturated rings. The average molecular weight is 225 g/mol. The standard InChI is InChI=1S/C9H9BrN2/c1-6-3-9-11-8(10)5-12(9)4-7(6)2/h3-5H,1-2H3. The van der Waals surface area contributed by atoms with Crippen molar-refractivity contribution in [2.24, 2.45) is 0 Å². The molecule has 2 heterocycles. The molecule has 0 bridgehead atoms. The van der Waals surface area contributed by atoms with Gasteiger partial charge in [0.05, 0.1) is 0 Å². The number of rotatable bonds is 0. The number of pyridine rings is 1. The topological polar surface area (TPSA) is 17.3 Å². The van der Waals surface area contributed by atoms with E-state index in [-0.39, 0.29) is 0 Å². The molecule has 2 aromatic rings. The van der Waals surface area contributed by atoms with Crippen molar-refractivity contribution in [3.63, 3.8) is 0 Å². The third-order valence-corrected chi connectivity index (χ3v) is 2.41. The minimum absolute atomic E-state index is 0.882. The number of aryl methyl sites for hydroxylation is 2. The lowest BCUT2D eigenvalue weighted by Gasteiger charge is -1.99. The Balaban J connectivity index is 2.83. The molecule has 0 N–H and O–H groups in total. The number of imidazole rings is 1. The fraction of sp³-hybridized carbons (Fsp3) is 0.222. The molecular formula is C9H9BrN2.